The number of anilines is 1. The van der Waals surface area contributed by atoms with Crippen molar-refractivity contribution in [3.8, 4) is 0 Å². The number of amides is 2. The average Bonchev–Trinajstić information content (AvgIpc) is 3.05. The molecule has 0 spiro atoms. The molecular formula is C16H28N4O2. The van der Waals surface area contributed by atoms with E-state index in [1.54, 1.807) is 6.20 Å². The van der Waals surface area contributed by atoms with Gasteiger partial charge in [-0.1, -0.05) is 27.7 Å². The van der Waals surface area contributed by atoms with Gasteiger partial charge in [0, 0.05) is 31.8 Å². The lowest BCUT2D eigenvalue weighted by molar-refractivity contribution is 0.0546. The van der Waals surface area contributed by atoms with E-state index in [1.165, 1.54) is 0 Å². The fourth-order valence-corrected chi connectivity index (χ4v) is 2.91. The Hall–Kier alpha value is -1.56. The lowest BCUT2D eigenvalue weighted by Crippen LogP contribution is -2.37. The Bertz CT molecular complexity index is 484. The fraction of sp³-hybridized carbons (Fsp3) is 0.750. The third-order valence-corrected chi connectivity index (χ3v) is 3.89. The van der Waals surface area contributed by atoms with Crippen molar-refractivity contribution in [3.05, 3.63) is 12.4 Å². The highest BCUT2D eigenvalue weighted by molar-refractivity contribution is 5.88. The van der Waals surface area contributed by atoms with Gasteiger partial charge in [-0.05, 0) is 18.3 Å². The molecule has 2 heterocycles. The maximum atomic E-state index is 12.0. The Balaban J connectivity index is 1.77. The van der Waals surface area contributed by atoms with Crippen molar-refractivity contribution < 1.29 is 9.53 Å². The first-order chi connectivity index (χ1) is 10.5. The van der Waals surface area contributed by atoms with E-state index in [2.05, 4.69) is 43.4 Å². The zero-order chi connectivity index (χ0) is 16.1. The number of urea groups is 1. The minimum absolute atomic E-state index is 0.182. The molecule has 1 aliphatic rings. The summed E-state index contributed by atoms with van der Waals surface area (Å²) in [7, 11) is 0. The van der Waals surface area contributed by atoms with Crippen LogP contribution in [0.1, 0.15) is 34.1 Å². The maximum absolute atomic E-state index is 12.0. The molecule has 6 nitrogen and oxygen atoms in total. The van der Waals surface area contributed by atoms with Crippen LogP contribution in [0.4, 0.5) is 10.5 Å². The van der Waals surface area contributed by atoms with E-state index < -0.39 is 0 Å². The van der Waals surface area contributed by atoms with Crippen LogP contribution in [0.2, 0.25) is 0 Å². The van der Waals surface area contributed by atoms with E-state index in [4.69, 9.17) is 4.74 Å². The smallest absolute Gasteiger partial charge is 0.319 e. The summed E-state index contributed by atoms with van der Waals surface area (Å²) in [5, 5.41) is 10.0. The zero-order valence-corrected chi connectivity index (χ0v) is 14.0. The van der Waals surface area contributed by atoms with Gasteiger partial charge in [0.05, 0.1) is 18.0 Å². The van der Waals surface area contributed by atoms with Crippen LogP contribution in [0.25, 0.3) is 0 Å². The number of rotatable bonds is 6. The van der Waals surface area contributed by atoms with Gasteiger partial charge >= 0.3 is 6.03 Å². The van der Waals surface area contributed by atoms with Gasteiger partial charge in [-0.2, -0.15) is 5.10 Å². The number of carbonyl (C=O) groups is 1. The molecule has 0 bridgehead atoms. The number of hydrogen-bond acceptors (Lipinski definition) is 3. The molecule has 1 aromatic rings. The molecule has 0 aromatic carbocycles. The maximum Gasteiger partial charge on any atom is 0.319 e. The molecule has 2 rings (SSSR count). The monoisotopic (exact) mass is 308 g/mol. The molecule has 124 valence electrons. The molecule has 6 heteroatoms. The van der Waals surface area contributed by atoms with Crippen LogP contribution in [0.5, 0.6) is 0 Å². The summed E-state index contributed by atoms with van der Waals surface area (Å²) in [4.78, 5) is 12.0. The first kappa shape index (κ1) is 16.8. The van der Waals surface area contributed by atoms with Crippen LogP contribution in [-0.4, -0.2) is 35.1 Å². The number of carbonyl (C=O) groups excluding carboxylic acids is 1. The standard InChI is InChI=1S/C16H28N4O2/c1-11(2)9-20-10-14(8-18-20)19-16(21)17-7-13-5-6-22-15(13)12(3)4/h8,10-13,15H,5-7,9H2,1-4H3,(H2,17,19,21)/t13-,15-/m0/s1. The Kier molecular flexibility index (Phi) is 5.83. The van der Waals surface area contributed by atoms with E-state index in [0.717, 1.165) is 25.3 Å². The van der Waals surface area contributed by atoms with Crippen molar-refractivity contribution in [1.82, 2.24) is 15.1 Å². The molecule has 2 amide bonds. The topological polar surface area (TPSA) is 68.2 Å². The minimum Gasteiger partial charge on any atom is -0.378 e. The minimum atomic E-state index is -0.182. The molecule has 2 N–H and O–H groups in total. The van der Waals surface area contributed by atoms with Gasteiger partial charge in [-0.25, -0.2) is 4.79 Å². The highest BCUT2D eigenvalue weighted by Crippen LogP contribution is 2.26. The predicted octanol–water partition coefficient (Wildman–Crippen LogP) is 2.72. The van der Waals surface area contributed by atoms with Gasteiger partial charge in [0.1, 0.15) is 0 Å². The molecular weight excluding hydrogens is 280 g/mol. The molecule has 1 fully saturated rings. The molecule has 0 aliphatic carbocycles. The third kappa shape index (κ3) is 4.73. The Morgan fingerprint density at radius 1 is 1.45 bits per heavy atom. The molecule has 1 saturated heterocycles. The van der Waals surface area contributed by atoms with E-state index in [1.807, 2.05) is 10.9 Å². The van der Waals surface area contributed by atoms with Gasteiger partial charge in [0.15, 0.2) is 0 Å². The molecule has 0 unspecified atom stereocenters. The molecule has 22 heavy (non-hydrogen) atoms. The van der Waals surface area contributed by atoms with Crippen molar-refractivity contribution in [2.45, 2.75) is 46.8 Å². The predicted molar refractivity (Wildman–Crippen MR) is 86.8 cm³/mol. The molecule has 1 aliphatic heterocycles. The first-order valence-corrected chi connectivity index (χ1v) is 8.14. The van der Waals surface area contributed by atoms with Crippen molar-refractivity contribution in [2.24, 2.45) is 17.8 Å². The average molecular weight is 308 g/mol. The first-order valence-electron chi connectivity index (χ1n) is 8.14. The highest BCUT2D eigenvalue weighted by atomic mass is 16.5. The van der Waals surface area contributed by atoms with Gasteiger partial charge in [-0.15, -0.1) is 0 Å². The summed E-state index contributed by atoms with van der Waals surface area (Å²) < 4.78 is 7.58. The third-order valence-electron chi connectivity index (χ3n) is 3.89. The fourth-order valence-electron chi connectivity index (χ4n) is 2.91. The number of aromatic nitrogens is 2. The Morgan fingerprint density at radius 2 is 2.23 bits per heavy atom. The Labute approximate surface area is 132 Å². The van der Waals surface area contributed by atoms with Crippen molar-refractivity contribution in [2.75, 3.05) is 18.5 Å². The van der Waals surface area contributed by atoms with Crippen LogP contribution >= 0.6 is 0 Å². The van der Waals surface area contributed by atoms with E-state index in [-0.39, 0.29) is 12.1 Å². The van der Waals surface area contributed by atoms with Crippen LogP contribution in [0.3, 0.4) is 0 Å². The molecule has 1 aromatic heterocycles. The van der Waals surface area contributed by atoms with E-state index in [9.17, 15) is 4.79 Å². The largest absolute Gasteiger partial charge is 0.378 e. The normalized spacial score (nSPS) is 21.5. The van der Waals surface area contributed by atoms with Crippen LogP contribution in [0, 0.1) is 17.8 Å². The van der Waals surface area contributed by atoms with Crippen LogP contribution in [0.15, 0.2) is 12.4 Å². The highest BCUT2D eigenvalue weighted by Gasteiger charge is 2.30. The summed E-state index contributed by atoms with van der Waals surface area (Å²) in [5.41, 5.74) is 0.723. The summed E-state index contributed by atoms with van der Waals surface area (Å²) in [6.07, 6.45) is 4.79. The quantitative estimate of drug-likeness (QED) is 0.849. The number of hydrogen-bond donors (Lipinski definition) is 2. The van der Waals surface area contributed by atoms with Crippen LogP contribution < -0.4 is 10.6 Å². The lowest BCUT2D eigenvalue weighted by Gasteiger charge is -2.22. The number of nitrogens with zero attached hydrogens (tertiary/aromatic N) is 2. The number of nitrogens with one attached hydrogen (secondary N) is 2. The van der Waals surface area contributed by atoms with E-state index in [0.29, 0.717) is 24.3 Å². The van der Waals surface area contributed by atoms with Gasteiger partial charge < -0.3 is 15.4 Å². The van der Waals surface area contributed by atoms with Gasteiger partial charge in [0.2, 0.25) is 0 Å². The second kappa shape index (κ2) is 7.63. The molecule has 2 atom stereocenters. The molecule has 0 radical (unpaired) electrons. The zero-order valence-electron chi connectivity index (χ0n) is 14.0. The van der Waals surface area contributed by atoms with Gasteiger partial charge in [0.25, 0.3) is 0 Å². The summed E-state index contributed by atoms with van der Waals surface area (Å²) in [6.45, 7) is 10.9. The SMILES string of the molecule is CC(C)Cn1cc(NC(=O)NC[C@@H]2CCO[C@H]2C(C)C)cn1. The van der Waals surface area contributed by atoms with Crippen LogP contribution in [-0.2, 0) is 11.3 Å². The van der Waals surface area contributed by atoms with Crippen molar-refractivity contribution in [1.29, 1.82) is 0 Å². The Morgan fingerprint density at radius 3 is 2.91 bits per heavy atom. The molecule has 0 saturated carbocycles. The second-order valence-electron chi connectivity index (χ2n) is 6.81. The summed E-state index contributed by atoms with van der Waals surface area (Å²) in [5.74, 6) is 1.40. The van der Waals surface area contributed by atoms with Crippen molar-refractivity contribution >= 4 is 11.7 Å². The second-order valence-corrected chi connectivity index (χ2v) is 6.81. The lowest BCUT2D eigenvalue weighted by atomic mass is 9.93. The van der Waals surface area contributed by atoms with Gasteiger partial charge in [-0.3, -0.25) is 4.68 Å². The van der Waals surface area contributed by atoms with E-state index >= 15 is 0 Å². The summed E-state index contributed by atoms with van der Waals surface area (Å²) >= 11 is 0. The number of ether oxygens (including phenoxy) is 1. The van der Waals surface area contributed by atoms with Crippen molar-refractivity contribution in [3.63, 3.8) is 0 Å². The summed E-state index contributed by atoms with van der Waals surface area (Å²) in [6, 6.07) is -0.182.